The molecule has 0 saturated heterocycles. The number of anilines is 1. The van der Waals surface area contributed by atoms with Gasteiger partial charge >= 0.3 is 0 Å². The van der Waals surface area contributed by atoms with Crippen molar-refractivity contribution in [3.63, 3.8) is 0 Å². The molecule has 31 heavy (non-hydrogen) atoms. The zero-order chi connectivity index (χ0) is 22.4. The molecule has 1 saturated carbocycles. The topological polar surface area (TPSA) is 20.3 Å². The zero-order valence-electron chi connectivity index (χ0n) is 18.7. The fourth-order valence-corrected chi connectivity index (χ4v) is 4.69. The lowest BCUT2D eigenvalue weighted by molar-refractivity contribution is -0.113. The van der Waals surface area contributed by atoms with Gasteiger partial charge in [-0.1, -0.05) is 57.4 Å². The Morgan fingerprint density at radius 3 is 2.42 bits per heavy atom. The van der Waals surface area contributed by atoms with E-state index < -0.39 is 11.7 Å². The first-order valence-corrected chi connectivity index (χ1v) is 11.4. The Morgan fingerprint density at radius 1 is 1.06 bits per heavy atom. The molecule has 0 heterocycles. The number of benzene rings is 2. The number of carbonyl (C=O) groups excluding carboxylic acids is 1. The molecule has 166 valence electrons. The summed E-state index contributed by atoms with van der Waals surface area (Å²) in [6.45, 7) is 5.65. The molecule has 2 nitrogen and oxygen atoms in total. The van der Waals surface area contributed by atoms with Gasteiger partial charge in [0.2, 0.25) is 5.91 Å². The average Bonchev–Trinajstić information content (AvgIpc) is 2.78. The monoisotopic (exact) mass is 425 g/mol. The van der Waals surface area contributed by atoms with Gasteiger partial charge in [0.1, 0.15) is 11.6 Å². The predicted molar refractivity (Wildman–Crippen MR) is 124 cm³/mol. The first-order chi connectivity index (χ1) is 14.9. The summed E-state index contributed by atoms with van der Waals surface area (Å²) in [7, 11) is 1.48. The maximum absolute atomic E-state index is 14.9. The Hall–Kier alpha value is -2.49. The summed E-state index contributed by atoms with van der Waals surface area (Å²) in [5, 5.41) is 0. The van der Waals surface area contributed by atoms with Crippen molar-refractivity contribution in [3.05, 3.63) is 66.3 Å². The van der Waals surface area contributed by atoms with Crippen LogP contribution >= 0.6 is 0 Å². The summed E-state index contributed by atoms with van der Waals surface area (Å²) >= 11 is 0. The summed E-state index contributed by atoms with van der Waals surface area (Å²) in [5.74, 6) is -0.0734. The van der Waals surface area contributed by atoms with Gasteiger partial charge in [0.25, 0.3) is 0 Å². The number of nitrogens with zero attached hydrogens (tertiary/aromatic N) is 1. The minimum atomic E-state index is -0.569. The highest BCUT2D eigenvalue weighted by Gasteiger charge is 2.23. The first kappa shape index (κ1) is 23.2. The third kappa shape index (κ3) is 5.61. The predicted octanol–water partition coefficient (Wildman–Crippen LogP) is 7.63. The second-order valence-corrected chi connectivity index (χ2v) is 8.72. The van der Waals surface area contributed by atoms with E-state index in [9.17, 15) is 13.6 Å². The van der Waals surface area contributed by atoms with Crippen LogP contribution in [0.5, 0.6) is 0 Å². The SMILES string of the molecule is C=CC(=O)N(C)c1ccc(-c2ccc(C3CCC(CCCCC)CC3)cc2F)cc1F. The van der Waals surface area contributed by atoms with Gasteiger partial charge in [-0.2, -0.15) is 0 Å². The van der Waals surface area contributed by atoms with Crippen LogP contribution in [0.3, 0.4) is 0 Å². The molecule has 0 aromatic heterocycles. The van der Waals surface area contributed by atoms with Crippen molar-refractivity contribution in [2.75, 3.05) is 11.9 Å². The van der Waals surface area contributed by atoms with Crippen molar-refractivity contribution in [3.8, 4) is 11.1 Å². The molecule has 0 atom stereocenters. The molecule has 1 aliphatic carbocycles. The van der Waals surface area contributed by atoms with E-state index in [-0.39, 0.29) is 11.5 Å². The van der Waals surface area contributed by atoms with Gasteiger partial charge in [-0.25, -0.2) is 8.78 Å². The van der Waals surface area contributed by atoms with Crippen molar-refractivity contribution in [2.24, 2.45) is 5.92 Å². The lowest BCUT2D eigenvalue weighted by atomic mass is 9.77. The van der Waals surface area contributed by atoms with E-state index in [4.69, 9.17) is 0 Å². The maximum Gasteiger partial charge on any atom is 0.250 e. The third-order valence-electron chi connectivity index (χ3n) is 6.65. The van der Waals surface area contributed by atoms with Crippen molar-refractivity contribution in [2.45, 2.75) is 64.2 Å². The Labute approximate surface area is 185 Å². The number of rotatable bonds is 8. The van der Waals surface area contributed by atoms with Crippen molar-refractivity contribution in [1.82, 2.24) is 0 Å². The molecular formula is C27H33F2NO. The van der Waals surface area contributed by atoms with E-state index in [1.807, 2.05) is 6.07 Å². The maximum atomic E-state index is 14.9. The van der Waals surface area contributed by atoms with Crippen LogP contribution in [0.15, 0.2) is 49.1 Å². The summed E-state index contributed by atoms with van der Waals surface area (Å²) in [5.41, 5.74) is 2.02. The van der Waals surface area contributed by atoms with Crippen LogP contribution in [0.1, 0.15) is 69.8 Å². The van der Waals surface area contributed by atoms with Gasteiger partial charge < -0.3 is 4.90 Å². The van der Waals surface area contributed by atoms with Crippen molar-refractivity contribution in [1.29, 1.82) is 0 Å². The Bertz CT molecular complexity index is 915. The van der Waals surface area contributed by atoms with Crippen LogP contribution in [0.25, 0.3) is 11.1 Å². The molecule has 0 N–H and O–H groups in total. The molecule has 3 rings (SSSR count). The molecule has 1 aliphatic rings. The molecule has 1 amide bonds. The van der Waals surface area contributed by atoms with Crippen LogP contribution in [-0.2, 0) is 4.79 Å². The highest BCUT2D eigenvalue weighted by atomic mass is 19.1. The van der Waals surface area contributed by atoms with E-state index in [0.717, 1.165) is 30.4 Å². The Kier molecular flexibility index (Phi) is 8.00. The van der Waals surface area contributed by atoms with Gasteiger partial charge in [-0.3, -0.25) is 4.79 Å². The van der Waals surface area contributed by atoms with Gasteiger partial charge in [0.15, 0.2) is 0 Å². The van der Waals surface area contributed by atoms with Crippen LogP contribution in [0, 0.1) is 17.6 Å². The van der Waals surface area contributed by atoms with Crippen LogP contribution in [0.4, 0.5) is 14.5 Å². The van der Waals surface area contributed by atoms with Gasteiger partial charge in [0.05, 0.1) is 5.69 Å². The number of hydrogen-bond acceptors (Lipinski definition) is 1. The number of halogens is 2. The molecule has 0 radical (unpaired) electrons. The standard InChI is InChI=1S/C27H33F2NO/c1-4-6-7-8-19-9-11-20(12-10-19)21-13-15-23(24(28)17-21)22-14-16-26(25(29)18-22)30(3)27(31)5-2/h5,13-20H,2,4,6-12H2,1,3H3. The molecule has 1 fully saturated rings. The fraction of sp³-hybridized carbons (Fsp3) is 0.444. The van der Waals surface area contributed by atoms with Gasteiger partial charge in [0, 0.05) is 12.6 Å². The molecule has 0 bridgehead atoms. The fourth-order valence-electron chi connectivity index (χ4n) is 4.69. The van der Waals surface area contributed by atoms with Crippen LogP contribution in [-0.4, -0.2) is 13.0 Å². The molecule has 4 heteroatoms. The summed E-state index contributed by atoms with van der Waals surface area (Å²) in [6, 6.07) is 9.78. The van der Waals surface area contributed by atoms with Crippen LogP contribution in [0.2, 0.25) is 0 Å². The zero-order valence-corrected chi connectivity index (χ0v) is 18.7. The molecular weight excluding hydrogens is 392 g/mol. The Morgan fingerprint density at radius 2 is 1.81 bits per heavy atom. The normalized spacial score (nSPS) is 18.6. The van der Waals surface area contributed by atoms with Gasteiger partial charge in [-0.05, 0) is 72.9 Å². The van der Waals surface area contributed by atoms with E-state index in [2.05, 4.69) is 13.5 Å². The minimum Gasteiger partial charge on any atom is -0.309 e. The van der Waals surface area contributed by atoms with Crippen molar-refractivity contribution >= 4 is 11.6 Å². The van der Waals surface area contributed by atoms with E-state index >= 15 is 0 Å². The molecule has 0 unspecified atom stereocenters. The molecule has 0 spiro atoms. The van der Waals surface area contributed by atoms with E-state index in [1.165, 1.54) is 62.6 Å². The largest absolute Gasteiger partial charge is 0.309 e. The summed E-state index contributed by atoms with van der Waals surface area (Å²) < 4.78 is 29.5. The minimum absolute atomic E-state index is 0.140. The van der Waals surface area contributed by atoms with Crippen LogP contribution < -0.4 is 4.90 Å². The lowest BCUT2D eigenvalue weighted by Crippen LogP contribution is -2.24. The average molecular weight is 426 g/mol. The molecule has 2 aromatic rings. The second-order valence-electron chi connectivity index (χ2n) is 8.72. The third-order valence-corrected chi connectivity index (χ3v) is 6.65. The smallest absolute Gasteiger partial charge is 0.250 e. The molecule has 0 aliphatic heterocycles. The number of hydrogen-bond donors (Lipinski definition) is 0. The Balaban J connectivity index is 1.69. The second kappa shape index (κ2) is 10.7. The number of carbonyl (C=O) groups is 1. The first-order valence-electron chi connectivity index (χ1n) is 11.4. The van der Waals surface area contributed by atoms with Gasteiger partial charge in [-0.15, -0.1) is 0 Å². The molecule has 2 aromatic carbocycles. The highest BCUT2D eigenvalue weighted by molar-refractivity contribution is 6.00. The quantitative estimate of drug-likeness (QED) is 0.314. The van der Waals surface area contributed by atoms with Crippen molar-refractivity contribution < 1.29 is 13.6 Å². The van der Waals surface area contributed by atoms with E-state index in [0.29, 0.717) is 17.0 Å². The lowest BCUT2D eigenvalue weighted by Gasteiger charge is -2.29. The summed E-state index contributed by atoms with van der Waals surface area (Å²) in [6.07, 6.45) is 11.0. The number of likely N-dealkylation sites (N-methyl/N-ethyl adjacent to an activating group) is 1. The summed E-state index contributed by atoms with van der Waals surface area (Å²) in [4.78, 5) is 12.9. The van der Waals surface area contributed by atoms with E-state index in [1.54, 1.807) is 18.2 Å². The highest BCUT2D eigenvalue weighted by Crippen LogP contribution is 2.39. The number of amides is 1. The number of unbranched alkanes of at least 4 members (excludes halogenated alkanes) is 2.